The molecule has 3 aliphatic rings. The van der Waals surface area contributed by atoms with Crippen LogP contribution in [0.25, 0.3) is 6.08 Å². The number of allylic oxidation sites excluding steroid dienone is 1. The van der Waals surface area contributed by atoms with E-state index in [1.807, 2.05) is 6.20 Å². The van der Waals surface area contributed by atoms with Crippen molar-refractivity contribution in [2.45, 2.75) is 44.7 Å². The SMILES string of the molecule is C[C@@H]1Cc2ncnc([C@H]3CCN(S(C)(=O)=O)C3)c2CN1c1ccnc2c1C=CC2. The largest absolute Gasteiger partial charge is 0.363 e. The molecule has 2 atom stereocenters. The maximum absolute atomic E-state index is 12.0. The standard InChI is InChI=1S/C21H25N5O2S/c1-14-10-19-17(12-26(14)20-6-8-22-18-5-3-4-16(18)20)21(24-13-23-19)15-7-9-25(11-15)29(2,27)28/h3-4,6,8,13-15H,5,7,9-12H2,1-2H3/t14-,15+/m1/s1. The molecule has 2 aliphatic heterocycles. The molecule has 4 heterocycles. The van der Waals surface area contributed by atoms with Gasteiger partial charge in [0.25, 0.3) is 0 Å². The number of fused-ring (bicyclic) bond motifs is 2. The second kappa shape index (κ2) is 6.88. The lowest BCUT2D eigenvalue weighted by molar-refractivity contribution is 0.476. The van der Waals surface area contributed by atoms with Crippen molar-refractivity contribution < 1.29 is 8.42 Å². The second-order valence-corrected chi connectivity index (χ2v) is 10.3. The van der Waals surface area contributed by atoms with Crippen molar-refractivity contribution >= 4 is 21.8 Å². The quantitative estimate of drug-likeness (QED) is 0.770. The van der Waals surface area contributed by atoms with E-state index in [-0.39, 0.29) is 5.92 Å². The molecule has 0 spiro atoms. The Bertz CT molecular complexity index is 1100. The van der Waals surface area contributed by atoms with Crippen LogP contribution in [0.2, 0.25) is 0 Å². The van der Waals surface area contributed by atoms with Crippen LogP contribution in [0.15, 0.2) is 24.7 Å². The van der Waals surface area contributed by atoms with Crippen molar-refractivity contribution in [3.05, 3.63) is 52.9 Å². The molecule has 1 aliphatic carbocycles. The predicted molar refractivity (Wildman–Crippen MR) is 112 cm³/mol. The van der Waals surface area contributed by atoms with E-state index in [4.69, 9.17) is 0 Å². The van der Waals surface area contributed by atoms with Crippen LogP contribution in [-0.4, -0.2) is 53.1 Å². The number of anilines is 1. The normalized spacial score (nSPS) is 24.0. The Morgan fingerprint density at radius 3 is 2.83 bits per heavy atom. The Morgan fingerprint density at radius 2 is 2.03 bits per heavy atom. The van der Waals surface area contributed by atoms with Gasteiger partial charge in [0.1, 0.15) is 6.33 Å². The molecule has 1 saturated heterocycles. The Balaban J connectivity index is 1.50. The molecule has 1 fully saturated rings. The molecule has 0 N–H and O–H groups in total. The van der Waals surface area contributed by atoms with E-state index in [1.165, 1.54) is 23.1 Å². The van der Waals surface area contributed by atoms with Crippen molar-refractivity contribution in [2.75, 3.05) is 24.2 Å². The summed E-state index contributed by atoms with van der Waals surface area (Å²) in [6.07, 6.45) is 11.7. The monoisotopic (exact) mass is 411 g/mol. The molecule has 29 heavy (non-hydrogen) atoms. The van der Waals surface area contributed by atoms with Gasteiger partial charge >= 0.3 is 0 Å². The van der Waals surface area contributed by atoms with Crippen LogP contribution in [0.5, 0.6) is 0 Å². The van der Waals surface area contributed by atoms with Crippen LogP contribution in [-0.2, 0) is 29.4 Å². The third-order valence-corrected chi connectivity index (χ3v) is 7.65. The number of rotatable bonds is 3. The zero-order valence-electron chi connectivity index (χ0n) is 16.7. The van der Waals surface area contributed by atoms with Gasteiger partial charge in [0.15, 0.2) is 0 Å². The topological polar surface area (TPSA) is 79.3 Å². The number of hydrogen-bond acceptors (Lipinski definition) is 6. The van der Waals surface area contributed by atoms with E-state index in [9.17, 15) is 8.42 Å². The summed E-state index contributed by atoms with van der Waals surface area (Å²) in [5.41, 5.74) is 6.83. The first-order valence-electron chi connectivity index (χ1n) is 10.1. The van der Waals surface area contributed by atoms with Gasteiger partial charge in [-0.3, -0.25) is 4.98 Å². The lowest BCUT2D eigenvalue weighted by Gasteiger charge is -2.38. The molecule has 0 amide bonds. The molecular formula is C21H25N5O2S. The molecule has 0 radical (unpaired) electrons. The van der Waals surface area contributed by atoms with E-state index in [2.05, 4.69) is 45.0 Å². The molecule has 152 valence electrons. The van der Waals surface area contributed by atoms with Crippen LogP contribution in [0.4, 0.5) is 5.69 Å². The van der Waals surface area contributed by atoms with E-state index in [0.29, 0.717) is 19.1 Å². The van der Waals surface area contributed by atoms with E-state index >= 15 is 0 Å². The number of hydrogen-bond donors (Lipinski definition) is 0. The lowest BCUT2D eigenvalue weighted by atomic mass is 9.92. The molecular weight excluding hydrogens is 386 g/mol. The number of sulfonamides is 1. The average Bonchev–Trinajstić information content (AvgIpc) is 3.36. The van der Waals surface area contributed by atoms with Gasteiger partial charge in [-0.25, -0.2) is 22.7 Å². The number of nitrogens with zero attached hydrogens (tertiary/aromatic N) is 5. The van der Waals surface area contributed by atoms with Crippen LogP contribution in [0, 0.1) is 0 Å². The van der Waals surface area contributed by atoms with Crippen LogP contribution in [0.3, 0.4) is 0 Å². The smallest absolute Gasteiger partial charge is 0.211 e. The highest BCUT2D eigenvalue weighted by Crippen LogP contribution is 2.37. The van der Waals surface area contributed by atoms with Gasteiger partial charge in [0, 0.05) is 67.4 Å². The summed E-state index contributed by atoms with van der Waals surface area (Å²) < 4.78 is 25.5. The predicted octanol–water partition coefficient (Wildman–Crippen LogP) is 2.14. The molecule has 5 rings (SSSR count). The molecule has 0 aromatic carbocycles. The first-order chi connectivity index (χ1) is 13.9. The first-order valence-corrected chi connectivity index (χ1v) is 12.0. The van der Waals surface area contributed by atoms with Gasteiger partial charge in [-0.15, -0.1) is 0 Å². The highest BCUT2D eigenvalue weighted by Gasteiger charge is 2.35. The maximum atomic E-state index is 12.0. The van der Waals surface area contributed by atoms with Crippen molar-refractivity contribution in [1.29, 1.82) is 0 Å². The van der Waals surface area contributed by atoms with Crippen molar-refractivity contribution in [3.63, 3.8) is 0 Å². The Kier molecular flexibility index (Phi) is 4.43. The van der Waals surface area contributed by atoms with Crippen molar-refractivity contribution in [3.8, 4) is 0 Å². The fourth-order valence-corrected chi connectivity index (χ4v) is 5.73. The fourth-order valence-electron chi connectivity index (χ4n) is 4.84. The summed E-state index contributed by atoms with van der Waals surface area (Å²) in [6.45, 7) is 4.04. The Hall–Kier alpha value is -2.32. The summed E-state index contributed by atoms with van der Waals surface area (Å²) in [4.78, 5) is 16.1. The minimum absolute atomic E-state index is 0.125. The van der Waals surface area contributed by atoms with Gasteiger partial charge in [0.2, 0.25) is 10.0 Å². The summed E-state index contributed by atoms with van der Waals surface area (Å²) in [7, 11) is -3.17. The molecule has 0 saturated carbocycles. The Morgan fingerprint density at radius 1 is 1.17 bits per heavy atom. The van der Waals surface area contributed by atoms with E-state index in [1.54, 1.807) is 10.6 Å². The summed E-state index contributed by atoms with van der Waals surface area (Å²) >= 11 is 0. The molecule has 7 nitrogen and oxygen atoms in total. The fraction of sp³-hybridized carbons (Fsp3) is 0.476. The summed E-state index contributed by atoms with van der Waals surface area (Å²) in [5, 5.41) is 0. The van der Waals surface area contributed by atoms with Gasteiger partial charge in [-0.1, -0.05) is 12.2 Å². The van der Waals surface area contributed by atoms with E-state index in [0.717, 1.165) is 42.9 Å². The first kappa shape index (κ1) is 18.7. The third-order valence-electron chi connectivity index (χ3n) is 6.38. The Labute approximate surface area is 171 Å². The molecule has 8 heteroatoms. The van der Waals surface area contributed by atoms with Gasteiger partial charge < -0.3 is 4.90 Å². The molecule has 2 aromatic rings. The van der Waals surface area contributed by atoms with Crippen molar-refractivity contribution in [2.24, 2.45) is 0 Å². The van der Waals surface area contributed by atoms with Gasteiger partial charge in [-0.05, 0) is 19.4 Å². The maximum Gasteiger partial charge on any atom is 0.211 e. The summed E-state index contributed by atoms with van der Waals surface area (Å²) in [6, 6.07) is 2.42. The summed E-state index contributed by atoms with van der Waals surface area (Å²) in [5.74, 6) is 0.125. The average molecular weight is 412 g/mol. The molecule has 0 bridgehead atoms. The minimum atomic E-state index is -3.17. The van der Waals surface area contributed by atoms with Crippen molar-refractivity contribution in [1.82, 2.24) is 19.3 Å². The van der Waals surface area contributed by atoms with Crippen LogP contribution < -0.4 is 4.90 Å². The van der Waals surface area contributed by atoms with Crippen LogP contribution >= 0.6 is 0 Å². The third kappa shape index (κ3) is 3.24. The lowest BCUT2D eigenvalue weighted by Crippen LogP contribution is -2.40. The highest BCUT2D eigenvalue weighted by atomic mass is 32.2. The minimum Gasteiger partial charge on any atom is -0.363 e. The zero-order chi connectivity index (χ0) is 20.2. The van der Waals surface area contributed by atoms with E-state index < -0.39 is 10.0 Å². The molecule has 2 aromatic heterocycles. The van der Waals surface area contributed by atoms with Gasteiger partial charge in [-0.2, -0.15) is 0 Å². The highest BCUT2D eigenvalue weighted by molar-refractivity contribution is 7.88. The molecule has 0 unspecified atom stereocenters. The van der Waals surface area contributed by atoms with Gasteiger partial charge in [0.05, 0.1) is 23.3 Å². The number of aromatic nitrogens is 3. The number of pyridine rings is 1. The second-order valence-electron chi connectivity index (χ2n) is 8.27. The van der Waals surface area contributed by atoms with Crippen LogP contribution in [0.1, 0.15) is 47.5 Å². The zero-order valence-corrected chi connectivity index (χ0v) is 17.6.